The van der Waals surface area contributed by atoms with Crippen molar-refractivity contribution in [3.8, 4) is 39.4 Å². The molecule has 0 fully saturated rings. The Bertz CT molecular complexity index is 4010. The van der Waals surface area contributed by atoms with Crippen molar-refractivity contribution in [2.24, 2.45) is 0 Å². The lowest BCUT2D eigenvalue weighted by Gasteiger charge is -2.20. The minimum Gasteiger partial charge on any atom is -0.192 e. The number of hydrogen-bond acceptors (Lipinski definition) is 2. The number of nitriles is 1. The molecular formula is C59H33NS. The summed E-state index contributed by atoms with van der Waals surface area (Å²) in [5, 5.41) is 29.9. The average Bonchev–Trinajstić information content (AvgIpc) is 3.70. The first-order chi connectivity index (χ1) is 30.2. The molecule has 13 rings (SSSR count). The molecule has 0 saturated heterocycles. The fourth-order valence-electron chi connectivity index (χ4n) is 10.4. The number of nitrogens with zero attached hydrogens (tertiary/aromatic N) is 1. The van der Waals surface area contributed by atoms with Gasteiger partial charge in [0, 0.05) is 20.2 Å². The van der Waals surface area contributed by atoms with Gasteiger partial charge in [0.25, 0.3) is 0 Å². The zero-order valence-electron chi connectivity index (χ0n) is 32.9. The Morgan fingerprint density at radius 3 is 1.57 bits per heavy atom. The molecule has 0 aliphatic heterocycles. The van der Waals surface area contributed by atoms with E-state index >= 15 is 0 Å². The van der Waals surface area contributed by atoms with Crippen molar-refractivity contribution in [2.75, 3.05) is 0 Å². The summed E-state index contributed by atoms with van der Waals surface area (Å²) in [5.74, 6) is 0. The Kier molecular flexibility index (Phi) is 7.31. The highest BCUT2D eigenvalue weighted by atomic mass is 32.1. The second kappa shape index (κ2) is 13.1. The van der Waals surface area contributed by atoms with Crippen molar-refractivity contribution in [1.29, 1.82) is 5.26 Å². The molecule has 0 bridgehead atoms. The topological polar surface area (TPSA) is 23.8 Å². The third kappa shape index (κ3) is 4.99. The van der Waals surface area contributed by atoms with E-state index in [-0.39, 0.29) is 0 Å². The van der Waals surface area contributed by atoms with Gasteiger partial charge in [-0.2, -0.15) is 5.26 Å². The third-order valence-electron chi connectivity index (χ3n) is 13.0. The predicted molar refractivity (Wildman–Crippen MR) is 263 cm³/mol. The monoisotopic (exact) mass is 787 g/mol. The van der Waals surface area contributed by atoms with Crippen molar-refractivity contribution >= 4 is 107 Å². The van der Waals surface area contributed by atoms with Crippen LogP contribution in [0.25, 0.3) is 129 Å². The summed E-state index contributed by atoms with van der Waals surface area (Å²) in [4.78, 5) is 0. The SMILES string of the molecule is N#Cc1cccc(-c2ccc(-c3c4ccccc4c(-c4ccc5c(c4)c4ccccc4c4cc6sc7ccc8ccccc8c7c6cc54)c4ccccc34)c3ccccc23)c1. The molecule has 0 radical (unpaired) electrons. The van der Waals surface area contributed by atoms with Crippen LogP contribution in [-0.4, -0.2) is 0 Å². The molecule has 0 spiro atoms. The lowest BCUT2D eigenvalue weighted by Crippen LogP contribution is -1.93. The Hall–Kier alpha value is -7.83. The molecule has 61 heavy (non-hydrogen) atoms. The van der Waals surface area contributed by atoms with Crippen LogP contribution in [0.5, 0.6) is 0 Å². The van der Waals surface area contributed by atoms with Gasteiger partial charge >= 0.3 is 0 Å². The summed E-state index contributed by atoms with van der Waals surface area (Å²) >= 11 is 1.90. The van der Waals surface area contributed by atoms with Crippen LogP contribution in [0, 0.1) is 11.3 Å². The van der Waals surface area contributed by atoms with Gasteiger partial charge in [-0.05, 0) is 145 Å². The van der Waals surface area contributed by atoms with E-state index in [1.54, 1.807) is 0 Å². The fourth-order valence-corrected chi connectivity index (χ4v) is 11.5. The van der Waals surface area contributed by atoms with Crippen molar-refractivity contribution in [3.05, 3.63) is 206 Å². The molecule has 2 heteroatoms. The fraction of sp³-hybridized carbons (Fsp3) is 0. The van der Waals surface area contributed by atoms with Gasteiger partial charge in [0.2, 0.25) is 0 Å². The lowest BCUT2D eigenvalue weighted by atomic mass is 9.83. The summed E-state index contributed by atoms with van der Waals surface area (Å²) in [7, 11) is 0. The van der Waals surface area contributed by atoms with Crippen LogP contribution in [0.15, 0.2) is 200 Å². The molecule has 0 aliphatic carbocycles. The van der Waals surface area contributed by atoms with Crippen LogP contribution in [0.4, 0.5) is 0 Å². The summed E-state index contributed by atoms with van der Waals surface area (Å²) < 4.78 is 2.66. The van der Waals surface area contributed by atoms with Gasteiger partial charge in [0.05, 0.1) is 11.6 Å². The molecule has 0 unspecified atom stereocenters. The van der Waals surface area contributed by atoms with E-state index in [0.717, 1.165) is 11.1 Å². The van der Waals surface area contributed by atoms with Crippen LogP contribution in [0.1, 0.15) is 5.56 Å². The van der Waals surface area contributed by atoms with Crippen molar-refractivity contribution in [1.82, 2.24) is 0 Å². The summed E-state index contributed by atoms with van der Waals surface area (Å²) in [6.45, 7) is 0. The van der Waals surface area contributed by atoms with Gasteiger partial charge in [-0.1, -0.05) is 164 Å². The second-order valence-electron chi connectivity index (χ2n) is 16.2. The highest BCUT2D eigenvalue weighted by molar-refractivity contribution is 7.26. The maximum atomic E-state index is 9.70. The summed E-state index contributed by atoms with van der Waals surface area (Å²) in [6.07, 6.45) is 0. The second-order valence-corrected chi connectivity index (χ2v) is 17.3. The molecule has 1 nitrogen and oxygen atoms in total. The van der Waals surface area contributed by atoms with E-state index in [9.17, 15) is 5.26 Å². The van der Waals surface area contributed by atoms with Gasteiger partial charge in [-0.25, -0.2) is 0 Å². The Labute approximate surface area is 355 Å². The molecule has 1 aromatic heterocycles. The minimum atomic E-state index is 0.662. The normalized spacial score (nSPS) is 11.9. The molecule has 280 valence electrons. The van der Waals surface area contributed by atoms with Gasteiger partial charge in [0.15, 0.2) is 0 Å². The zero-order chi connectivity index (χ0) is 40.2. The van der Waals surface area contributed by atoms with Crippen LogP contribution < -0.4 is 0 Å². The third-order valence-corrected chi connectivity index (χ3v) is 14.2. The highest BCUT2D eigenvalue weighted by Crippen LogP contribution is 2.49. The first kappa shape index (κ1) is 34.1. The largest absolute Gasteiger partial charge is 0.192 e. The Balaban J connectivity index is 1.08. The van der Waals surface area contributed by atoms with Crippen molar-refractivity contribution in [2.45, 2.75) is 0 Å². The molecule has 0 atom stereocenters. The zero-order valence-corrected chi connectivity index (χ0v) is 33.7. The number of hydrogen-bond donors (Lipinski definition) is 0. The molecule has 0 N–H and O–H groups in total. The maximum Gasteiger partial charge on any atom is 0.0991 e. The van der Waals surface area contributed by atoms with Crippen LogP contribution in [-0.2, 0) is 0 Å². The van der Waals surface area contributed by atoms with E-state index in [2.05, 4.69) is 188 Å². The number of rotatable bonds is 3. The van der Waals surface area contributed by atoms with Crippen LogP contribution in [0.3, 0.4) is 0 Å². The smallest absolute Gasteiger partial charge is 0.0991 e. The number of thiophene rings is 1. The van der Waals surface area contributed by atoms with E-state index in [1.807, 2.05) is 29.5 Å². The molecular weight excluding hydrogens is 755 g/mol. The van der Waals surface area contributed by atoms with E-state index in [4.69, 9.17) is 0 Å². The number of fused-ring (bicyclic) bond motifs is 14. The van der Waals surface area contributed by atoms with Crippen molar-refractivity contribution < 1.29 is 0 Å². The molecule has 0 saturated carbocycles. The molecule has 13 aromatic rings. The summed E-state index contributed by atoms with van der Waals surface area (Å²) in [6, 6.07) is 75.8. The molecule has 1 heterocycles. The van der Waals surface area contributed by atoms with E-state index in [1.165, 1.54) is 118 Å². The predicted octanol–water partition coefficient (Wildman–Crippen LogP) is 17.0. The number of benzene rings is 12. The van der Waals surface area contributed by atoms with Gasteiger partial charge in [-0.3, -0.25) is 0 Å². The van der Waals surface area contributed by atoms with Gasteiger partial charge < -0.3 is 0 Å². The average molecular weight is 788 g/mol. The first-order valence-electron chi connectivity index (χ1n) is 20.8. The standard InChI is InChI=1S/C59H33NS/c60-34-35-12-11-14-37(30-35)39-27-28-50(42-17-4-3-16-41(39)42)58-48-22-9-7-20-46(48)57(47-21-8-10-23-49(47)58)38-24-26-45-51(31-38)43-18-5-6-19-44(43)53-33-56-54(32-52(45)53)59-40-15-2-1-13-36(40)25-29-55(59)61-56/h1-33H. The van der Waals surface area contributed by atoms with Crippen molar-refractivity contribution in [3.63, 3.8) is 0 Å². The Morgan fingerprint density at radius 1 is 0.311 bits per heavy atom. The van der Waals surface area contributed by atoms with Gasteiger partial charge in [0.1, 0.15) is 0 Å². The quantitative estimate of drug-likeness (QED) is 0.129. The molecule has 0 aliphatic rings. The molecule has 12 aromatic carbocycles. The maximum absolute atomic E-state index is 9.70. The first-order valence-corrected chi connectivity index (χ1v) is 21.6. The van der Waals surface area contributed by atoms with Crippen LogP contribution >= 0.6 is 11.3 Å². The lowest BCUT2D eigenvalue weighted by molar-refractivity contribution is 1.48. The Morgan fingerprint density at radius 2 is 0.869 bits per heavy atom. The van der Waals surface area contributed by atoms with E-state index in [0.29, 0.717) is 5.56 Å². The van der Waals surface area contributed by atoms with Gasteiger partial charge in [-0.15, -0.1) is 11.3 Å². The highest BCUT2D eigenvalue weighted by Gasteiger charge is 2.21. The minimum absolute atomic E-state index is 0.662. The van der Waals surface area contributed by atoms with Crippen LogP contribution in [0.2, 0.25) is 0 Å². The van der Waals surface area contributed by atoms with E-state index < -0.39 is 0 Å². The summed E-state index contributed by atoms with van der Waals surface area (Å²) in [5.41, 5.74) is 7.73. The molecule has 0 amide bonds.